The van der Waals surface area contributed by atoms with Crippen LogP contribution in [0.4, 0.5) is 11.4 Å². The van der Waals surface area contributed by atoms with Gasteiger partial charge in [0.25, 0.3) is 0 Å². The predicted molar refractivity (Wildman–Crippen MR) is 75.1 cm³/mol. The minimum Gasteiger partial charge on any atom is -0.398 e. The molecule has 19 heavy (non-hydrogen) atoms. The highest BCUT2D eigenvalue weighted by atomic mass is 32.2. The van der Waals surface area contributed by atoms with Crippen LogP contribution in [0.2, 0.25) is 0 Å². The molecule has 1 aromatic rings. The maximum absolute atomic E-state index is 11.7. The number of sulfonamides is 1. The summed E-state index contributed by atoms with van der Waals surface area (Å²) in [6, 6.07) is 6.87. The average molecular weight is 282 g/mol. The topological polar surface area (TPSA) is 99.2 Å². The summed E-state index contributed by atoms with van der Waals surface area (Å²) in [6.45, 7) is 2.37. The van der Waals surface area contributed by atoms with E-state index in [4.69, 9.17) is 11.0 Å². The number of nitrogen functional groups attached to an aromatic ring is 1. The van der Waals surface area contributed by atoms with E-state index < -0.39 is 10.0 Å². The van der Waals surface area contributed by atoms with Crippen molar-refractivity contribution >= 4 is 21.4 Å². The number of anilines is 2. The van der Waals surface area contributed by atoms with Gasteiger partial charge in [-0.15, -0.1) is 0 Å². The summed E-state index contributed by atoms with van der Waals surface area (Å²) in [4.78, 5) is 1.92. The lowest BCUT2D eigenvalue weighted by atomic mass is 10.2. The Morgan fingerprint density at radius 1 is 1.53 bits per heavy atom. The first-order chi connectivity index (χ1) is 8.81. The Balaban J connectivity index is 3.04. The fourth-order valence-corrected chi connectivity index (χ4v) is 2.52. The van der Waals surface area contributed by atoms with Gasteiger partial charge in [0.2, 0.25) is 10.0 Å². The lowest BCUT2D eigenvalue weighted by Gasteiger charge is -2.21. The zero-order chi connectivity index (χ0) is 14.6. The van der Waals surface area contributed by atoms with Gasteiger partial charge in [-0.1, -0.05) is 0 Å². The Morgan fingerprint density at radius 3 is 2.63 bits per heavy atom. The highest BCUT2D eigenvalue weighted by molar-refractivity contribution is 7.89. The lowest BCUT2D eigenvalue weighted by Crippen LogP contribution is -2.24. The molecule has 0 spiro atoms. The molecule has 0 aliphatic carbocycles. The second-order valence-electron chi connectivity index (χ2n) is 4.34. The van der Waals surface area contributed by atoms with E-state index in [1.807, 2.05) is 18.9 Å². The van der Waals surface area contributed by atoms with Gasteiger partial charge in [0.1, 0.15) is 4.90 Å². The molecule has 0 aromatic heterocycles. The molecule has 6 nitrogen and oxygen atoms in total. The first-order valence-electron chi connectivity index (χ1n) is 5.75. The van der Waals surface area contributed by atoms with Crippen LogP contribution in [0.5, 0.6) is 0 Å². The van der Waals surface area contributed by atoms with E-state index in [2.05, 4.69) is 10.8 Å². The molecule has 1 rings (SSSR count). The van der Waals surface area contributed by atoms with Crippen LogP contribution < -0.4 is 15.4 Å². The zero-order valence-corrected chi connectivity index (χ0v) is 12.0. The van der Waals surface area contributed by atoms with Gasteiger partial charge in [0.15, 0.2) is 0 Å². The number of nitrogens with zero attached hydrogens (tertiary/aromatic N) is 2. The molecule has 1 aromatic carbocycles. The molecule has 0 aliphatic rings. The summed E-state index contributed by atoms with van der Waals surface area (Å²) in [7, 11) is -0.380. The van der Waals surface area contributed by atoms with Crippen molar-refractivity contribution in [2.45, 2.75) is 11.8 Å². The van der Waals surface area contributed by atoms with Crippen LogP contribution in [0.25, 0.3) is 0 Å². The second-order valence-corrected chi connectivity index (χ2v) is 6.20. The molecule has 104 valence electrons. The number of benzene rings is 1. The molecular formula is C12H18N4O2S. The Kier molecular flexibility index (Phi) is 4.75. The number of hydrogen-bond donors (Lipinski definition) is 2. The van der Waals surface area contributed by atoms with E-state index in [1.54, 1.807) is 12.1 Å². The van der Waals surface area contributed by atoms with Crippen molar-refractivity contribution in [3.8, 4) is 6.07 Å². The van der Waals surface area contributed by atoms with Gasteiger partial charge in [0, 0.05) is 19.3 Å². The van der Waals surface area contributed by atoms with E-state index in [9.17, 15) is 8.42 Å². The van der Waals surface area contributed by atoms with Gasteiger partial charge in [-0.05, 0) is 32.2 Å². The van der Waals surface area contributed by atoms with Crippen molar-refractivity contribution in [3.05, 3.63) is 18.2 Å². The van der Waals surface area contributed by atoms with Crippen molar-refractivity contribution < 1.29 is 8.42 Å². The van der Waals surface area contributed by atoms with Crippen LogP contribution in [-0.2, 0) is 10.0 Å². The number of hydrogen-bond acceptors (Lipinski definition) is 5. The molecule has 0 radical (unpaired) electrons. The maximum Gasteiger partial charge on any atom is 0.242 e. The van der Waals surface area contributed by atoms with Crippen LogP contribution in [0, 0.1) is 17.2 Å². The monoisotopic (exact) mass is 282 g/mol. The SMILES string of the molecule is CNS(=O)(=O)c1ccc(N(C)CC(C)C#N)cc1N. The number of nitrogens with two attached hydrogens (primary N) is 1. The molecule has 1 unspecified atom stereocenters. The summed E-state index contributed by atoms with van der Waals surface area (Å²) >= 11 is 0. The molecule has 0 saturated heterocycles. The van der Waals surface area contributed by atoms with Gasteiger partial charge in [-0.2, -0.15) is 5.26 Å². The molecule has 3 N–H and O–H groups in total. The van der Waals surface area contributed by atoms with Gasteiger partial charge in [-0.3, -0.25) is 0 Å². The van der Waals surface area contributed by atoms with Crippen molar-refractivity contribution in [1.82, 2.24) is 4.72 Å². The highest BCUT2D eigenvalue weighted by Crippen LogP contribution is 2.24. The van der Waals surface area contributed by atoms with Crippen LogP contribution in [-0.4, -0.2) is 29.1 Å². The molecule has 1 atom stereocenters. The molecule has 0 amide bonds. The quantitative estimate of drug-likeness (QED) is 0.777. The first kappa shape index (κ1) is 15.3. The average Bonchev–Trinajstić information content (AvgIpc) is 2.37. The molecule has 0 saturated carbocycles. The molecule has 0 fully saturated rings. The third kappa shape index (κ3) is 3.59. The smallest absolute Gasteiger partial charge is 0.242 e. The van der Waals surface area contributed by atoms with Crippen LogP contribution in [0.3, 0.4) is 0 Å². The van der Waals surface area contributed by atoms with Crippen molar-refractivity contribution in [1.29, 1.82) is 5.26 Å². The minimum atomic E-state index is -3.54. The Labute approximate surface area is 113 Å². The molecule has 0 aliphatic heterocycles. The van der Waals surface area contributed by atoms with E-state index >= 15 is 0 Å². The van der Waals surface area contributed by atoms with E-state index in [1.165, 1.54) is 13.1 Å². The lowest BCUT2D eigenvalue weighted by molar-refractivity contribution is 0.588. The summed E-state index contributed by atoms with van der Waals surface area (Å²) in [5.41, 5.74) is 6.73. The van der Waals surface area contributed by atoms with E-state index in [0.717, 1.165) is 5.69 Å². The normalized spacial score (nSPS) is 12.7. The Hall–Kier alpha value is -1.78. The second kappa shape index (κ2) is 5.91. The van der Waals surface area contributed by atoms with Gasteiger partial charge in [-0.25, -0.2) is 13.1 Å². The number of nitrogens with one attached hydrogen (secondary N) is 1. The standard InChI is InChI=1S/C12H18N4O2S/c1-9(7-13)8-16(3)10-4-5-12(11(14)6-10)19(17,18)15-2/h4-6,9,15H,8,14H2,1-3H3. The third-order valence-electron chi connectivity index (χ3n) is 2.76. The van der Waals surface area contributed by atoms with Gasteiger partial charge < -0.3 is 10.6 Å². The summed E-state index contributed by atoms with van der Waals surface area (Å²) in [6.07, 6.45) is 0. The Morgan fingerprint density at radius 2 is 2.16 bits per heavy atom. The van der Waals surface area contributed by atoms with Crippen molar-refractivity contribution in [2.24, 2.45) is 5.92 Å². The van der Waals surface area contributed by atoms with Crippen LogP contribution >= 0.6 is 0 Å². The minimum absolute atomic E-state index is 0.0560. The highest BCUT2D eigenvalue weighted by Gasteiger charge is 2.16. The fraction of sp³-hybridized carbons (Fsp3) is 0.417. The van der Waals surface area contributed by atoms with Crippen LogP contribution in [0.15, 0.2) is 23.1 Å². The molecule has 0 heterocycles. The van der Waals surface area contributed by atoms with Crippen molar-refractivity contribution in [3.63, 3.8) is 0 Å². The largest absolute Gasteiger partial charge is 0.398 e. The van der Waals surface area contributed by atoms with Gasteiger partial charge >= 0.3 is 0 Å². The fourth-order valence-electron chi connectivity index (χ4n) is 1.68. The molecule has 0 bridgehead atoms. The van der Waals surface area contributed by atoms with E-state index in [0.29, 0.717) is 6.54 Å². The number of nitriles is 1. The van der Waals surface area contributed by atoms with E-state index in [-0.39, 0.29) is 16.5 Å². The summed E-state index contributed by atoms with van der Waals surface area (Å²) < 4.78 is 25.6. The zero-order valence-electron chi connectivity index (χ0n) is 11.2. The summed E-state index contributed by atoms with van der Waals surface area (Å²) in [5.74, 6) is -0.119. The predicted octanol–water partition coefficient (Wildman–Crippen LogP) is 0.773. The van der Waals surface area contributed by atoms with Gasteiger partial charge in [0.05, 0.1) is 17.7 Å². The first-order valence-corrected chi connectivity index (χ1v) is 7.24. The summed E-state index contributed by atoms with van der Waals surface area (Å²) in [5, 5.41) is 8.78. The van der Waals surface area contributed by atoms with Crippen molar-refractivity contribution in [2.75, 3.05) is 31.3 Å². The third-order valence-corrected chi connectivity index (χ3v) is 4.25. The maximum atomic E-state index is 11.7. The van der Waals surface area contributed by atoms with Crippen LogP contribution in [0.1, 0.15) is 6.92 Å². The number of rotatable bonds is 5. The Bertz CT molecular complexity index is 592. The molecule has 7 heteroatoms. The molecular weight excluding hydrogens is 264 g/mol.